The predicted octanol–water partition coefficient (Wildman–Crippen LogP) is 2.97. The number of amides is 1. The summed E-state index contributed by atoms with van der Waals surface area (Å²) in [7, 11) is 0. The van der Waals surface area contributed by atoms with Crippen molar-refractivity contribution < 1.29 is 13.6 Å². The van der Waals surface area contributed by atoms with Crippen LogP contribution in [0.5, 0.6) is 0 Å². The second-order valence-electron chi connectivity index (χ2n) is 5.59. The first-order valence-electron chi connectivity index (χ1n) is 8.34. The van der Waals surface area contributed by atoms with Gasteiger partial charge in [0.15, 0.2) is 11.7 Å². The van der Waals surface area contributed by atoms with Gasteiger partial charge in [0.1, 0.15) is 18.1 Å². The largest absolute Gasteiger partial charge is 0.454 e. The number of primary amides is 1. The van der Waals surface area contributed by atoms with Crippen molar-refractivity contribution in [1.29, 1.82) is 0 Å². The Morgan fingerprint density at radius 1 is 1.31 bits per heavy atom. The van der Waals surface area contributed by atoms with Crippen LogP contribution < -0.4 is 16.4 Å². The fourth-order valence-corrected chi connectivity index (χ4v) is 2.64. The molecule has 0 saturated carbocycles. The molecule has 0 aliphatic carbocycles. The lowest BCUT2D eigenvalue weighted by molar-refractivity contribution is 0.0972. The number of nitrogens with two attached hydrogens (primary N) is 1. The Hall–Kier alpha value is -2.35. The standard InChI is InChI=1S/C18H22BrFN4O2/c1-2-22-18(24-11-14-7-8-16(26-14)17(21)25)23-9-3-4-12-5-6-13(19)10-15(12)20/h5-8,10H,2-4,9,11H2,1H3,(H2,21,25)(H2,22,23,24). The molecular weight excluding hydrogens is 403 g/mol. The zero-order valence-electron chi connectivity index (χ0n) is 14.5. The molecule has 0 atom stereocenters. The van der Waals surface area contributed by atoms with Crippen molar-refractivity contribution in [3.05, 3.63) is 57.7 Å². The van der Waals surface area contributed by atoms with Crippen LogP contribution in [0.25, 0.3) is 0 Å². The van der Waals surface area contributed by atoms with Gasteiger partial charge in [0.05, 0.1) is 0 Å². The summed E-state index contributed by atoms with van der Waals surface area (Å²) in [5.41, 5.74) is 5.84. The normalized spacial score (nSPS) is 11.4. The van der Waals surface area contributed by atoms with Crippen LogP contribution in [0.15, 0.2) is 44.2 Å². The molecule has 2 rings (SSSR count). The monoisotopic (exact) mass is 424 g/mol. The summed E-state index contributed by atoms with van der Waals surface area (Å²) in [6.45, 7) is 3.60. The smallest absolute Gasteiger partial charge is 0.284 e. The van der Waals surface area contributed by atoms with E-state index < -0.39 is 5.91 Å². The highest BCUT2D eigenvalue weighted by Crippen LogP contribution is 2.16. The molecule has 8 heteroatoms. The summed E-state index contributed by atoms with van der Waals surface area (Å²) < 4.78 is 19.8. The lowest BCUT2D eigenvalue weighted by Crippen LogP contribution is -2.37. The maximum Gasteiger partial charge on any atom is 0.284 e. The Kier molecular flexibility index (Phi) is 7.65. The predicted molar refractivity (Wildman–Crippen MR) is 102 cm³/mol. The van der Waals surface area contributed by atoms with E-state index in [1.165, 1.54) is 12.1 Å². The second-order valence-corrected chi connectivity index (χ2v) is 6.51. The maximum absolute atomic E-state index is 13.8. The highest BCUT2D eigenvalue weighted by atomic mass is 79.9. The number of furan rings is 1. The quantitative estimate of drug-likeness (QED) is 0.345. The van der Waals surface area contributed by atoms with Gasteiger partial charge < -0.3 is 20.8 Å². The van der Waals surface area contributed by atoms with Crippen LogP contribution in [-0.4, -0.2) is 25.0 Å². The van der Waals surface area contributed by atoms with Gasteiger partial charge >= 0.3 is 0 Å². The molecule has 6 nitrogen and oxygen atoms in total. The zero-order chi connectivity index (χ0) is 18.9. The summed E-state index contributed by atoms with van der Waals surface area (Å²) in [6.07, 6.45) is 1.39. The van der Waals surface area contributed by atoms with Gasteiger partial charge in [0.25, 0.3) is 5.91 Å². The van der Waals surface area contributed by atoms with E-state index >= 15 is 0 Å². The van der Waals surface area contributed by atoms with E-state index in [0.29, 0.717) is 36.8 Å². The Labute approximate surface area is 160 Å². The molecular formula is C18H22BrFN4O2. The average molecular weight is 425 g/mol. The van der Waals surface area contributed by atoms with Crippen LogP contribution in [0, 0.1) is 5.82 Å². The first-order chi connectivity index (χ1) is 12.5. The molecule has 140 valence electrons. The van der Waals surface area contributed by atoms with Crippen molar-refractivity contribution in [2.24, 2.45) is 10.7 Å². The zero-order valence-corrected chi connectivity index (χ0v) is 16.1. The number of guanidine groups is 1. The summed E-state index contributed by atoms with van der Waals surface area (Å²) in [4.78, 5) is 15.4. The number of carbonyl (C=O) groups excluding carboxylic acids is 1. The van der Waals surface area contributed by atoms with E-state index in [1.54, 1.807) is 12.1 Å². The number of aryl methyl sites for hydroxylation is 1. The third kappa shape index (κ3) is 6.18. The number of halogens is 2. The Balaban J connectivity index is 1.83. The van der Waals surface area contributed by atoms with Crippen LogP contribution in [0.3, 0.4) is 0 Å². The van der Waals surface area contributed by atoms with Gasteiger partial charge in [-0.05, 0) is 49.6 Å². The minimum Gasteiger partial charge on any atom is -0.454 e. The fraction of sp³-hybridized carbons (Fsp3) is 0.333. The van der Waals surface area contributed by atoms with Crippen LogP contribution in [-0.2, 0) is 13.0 Å². The molecule has 1 aromatic heterocycles. The van der Waals surface area contributed by atoms with Gasteiger partial charge in [-0.3, -0.25) is 4.79 Å². The van der Waals surface area contributed by atoms with Crippen molar-refractivity contribution in [3.8, 4) is 0 Å². The number of nitrogens with zero attached hydrogens (tertiary/aromatic N) is 1. The van der Waals surface area contributed by atoms with E-state index in [1.807, 2.05) is 13.0 Å². The Bertz CT molecular complexity index is 776. The average Bonchev–Trinajstić information content (AvgIpc) is 3.07. The van der Waals surface area contributed by atoms with Gasteiger partial charge in [-0.15, -0.1) is 0 Å². The molecule has 1 aromatic carbocycles. The van der Waals surface area contributed by atoms with Gasteiger partial charge in [-0.1, -0.05) is 22.0 Å². The molecule has 0 spiro atoms. The number of aliphatic imine (C=N–C) groups is 1. The van der Waals surface area contributed by atoms with Crippen molar-refractivity contribution in [3.63, 3.8) is 0 Å². The van der Waals surface area contributed by atoms with E-state index in [9.17, 15) is 9.18 Å². The van der Waals surface area contributed by atoms with Crippen molar-refractivity contribution in [1.82, 2.24) is 10.6 Å². The lowest BCUT2D eigenvalue weighted by atomic mass is 10.1. The third-order valence-corrected chi connectivity index (χ3v) is 4.07. The van der Waals surface area contributed by atoms with E-state index in [4.69, 9.17) is 10.2 Å². The molecule has 0 fully saturated rings. The van der Waals surface area contributed by atoms with Gasteiger partial charge in [-0.2, -0.15) is 0 Å². The minimum absolute atomic E-state index is 0.115. The highest BCUT2D eigenvalue weighted by Gasteiger charge is 2.07. The van der Waals surface area contributed by atoms with E-state index in [0.717, 1.165) is 10.9 Å². The number of benzene rings is 1. The fourth-order valence-electron chi connectivity index (χ4n) is 2.30. The number of carbonyl (C=O) groups is 1. The lowest BCUT2D eigenvalue weighted by Gasteiger charge is -2.11. The summed E-state index contributed by atoms with van der Waals surface area (Å²) in [5, 5.41) is 6.32. The van der Waals surface area contributed by atoms with Gasteiger partial charge in [0, 0.05) is 17.6 Å². The minimum atomic E-state index is -0.606. The van der Waals surface area contributed by atoms with Crippen LogP contribution in [0.4, 0.5) is 4.39 Å². The number of hydrogen-bond acceptors (Lipinski definition) is 3. The van der Waals surface area contributed by atoms with E-state index in [2.05, 4.69) is 31.6 Å². The van der Waals surface area contributed by atoms with Crippen LogP contribution >= 0.6 is 15.9 Å². The summed E-state index contributed by atoms with van der Waals surface area (Å²) >= 11 is 3.25. The second kappa shape index (κ2) is 9.96. The molecule has 0 radical (unpaired) electrons. The molecule has 0 unspecified atom stereocenters. The van der Waals surface area contributed by atoms with Crippen molar-refractivity contribution >= 4 is 27.8 Å². The molecule has 1 heterocycles. The van der Waals surface area contributed by atoms with E-state index in [-0.39, 0.29) is 18.1 Å². The van der Waals surface area contributed by atoms with Gasteiger partial charge in [0.2, 0.25) is 0 Å². The van der Waals surface area contributed by atoms with Crippen molar-refractivity contribution in [2.75, 3.05) is 13.1 Å². The SMILES string of the molecule is CCNC(=NCc1ccc(C(N)=O)o1)NCCCc1ccc(Br)cc1F. The first kappa shape index (κ1) is 20.0. The van der Waals surface area contributed by atoms with Crippen LogP contribution in [0.1, 0.15) is 35.2 Å². The van der Waals surface area contributed by atoms with Gasteiger partial charge in [-0.25, -0.2) is 9.38 Å². The number of hydrogen-bond donors (Lipinski definition) is 3. The molecule has 0 bridgehead atoms. The molecule has 0 aliphatic heterocycles. The topological polar surface area (TPSA) is 92.6 Å². The highest BCUT2D eigenvalue weighted by molar-refractivity contribution is 9.10. The molecule has 4 N–H and O–H groups in total. The summed E-state index contributed by atoms with van der Waals surface area (Å²) in [6, 6.07) is 8.29. The third-order valence-electron chi connectivity index (χ3n) is 3.57. The van der Waals surface area contributed by atoms with Crippen LogP contribution in [0.2, 0.25) is 0 Å². The molecule has 1 amide bonds. The molecule has 0 saturated heterocycles. The molecule has 0 aliphatic rings. The molecule has 26 heavy (non-hydrogen) atoms. The number of rotatable bonds is 8. The maximum atomic E-state index is 13.8. The Morgan fingerprint density at radius 3 is 2.77 bits per heavy atom. The van der Waals surface area contributed by atoms with Crippen molar-refractivity contribution in [2.45, 2.75) is 26.3 Å². The molecule has 2 aromatic rings. The Morgan fingerprint density at radius 2 is 2.12 bits per heavy atom. The number of nitrogens with one attached hydrogen (secondary N) is 2. The first-order valence-corrected chi connectivity index (χ1v) is 9.13. The summed E-state index contributed by atoms with van der Waals surface area (Å²) in [5.74, 6) is 0.479.